The number of rotatable bonds is 7. The first-order valence-corrected chi connectivity index (χ1v) is 16.6. The van der Waals surface area contributed by atoms with Crippen LogP contribution in [0.25, 0.3) is 32.8 Å². The molecular formula is C37H38FN5O3. The van der Waals surface area contributed by atoms with Gasteiger partial charge in [-0.3, -0.25) is 4.90 Å². The van der Waals surface area contributed by atoms with E-state index < -0.39 is 5.82 Å². The Kier molecular flexibility index (Phi) is 6.47. The number of benzene rings is 3. The fraction of sp³-hybridized carbons (Fsp3) is 0.459. The van der Waals surface area contributed by atoms with Crippen LogP contribution in [0.15, 0.2) is 42.5 Å². The Morgan fingerprint density at radius 3 is 2.65 bits per heavy atom. The molecular weight excluding hydrogens is 581 g/mol. The summed E-state index contributed by atoms with van der Waals surface area (Å²) in [6.07, 6.45) is 12.6. The van der Waals surface area contributed by atoms with Crippen molar-refractivity contribution in [3.63, 3.8) is 0 Å². The summed E-state index contributed by atoms with van der Waals surface area (Å²) in [6, 6.07) is 13.4. The summed E-state index contributed by atoms with van der Waals surface area (Å²) in [5.41, 5.74) is 1.86. The van der Waals surface area contributed by atoms with Crippen LogP contribution < -0.4 is 15.0 Å². The van der Waals surface area contributed by atoms with Crippen molar-refractivity contribution in [3.8, 4) is 35.2 Å². The second-order valence-electron chi connectivity index (χ2n) is 14.3. The molecule has 2 saturated carbocycles. The van der Waals surface area contributed by atoms with Crippen molar-refractivity contribution in [1.82, 2.24) is 20.2 Å². The number of nitrogens with one attached hydrogen (secondary N) is 1. The van der Waals surface area contributed by atoms with Gasteiger partial charge in [-0.05, 0) is 73.7 Å². The largest absolute Gasteiger partial charge is 0.508 e. The normalized spacial score (nSPS) is 24.4. The topological polar surface area (TPSA) is 83.0 Å². The molecule has 1 spiro atoms. The monoisotopic (exact) mass is 619 g/mol. The van der Waals surface area contributed by atoms with Crippen LogP contribution in [-0.4, -0.2) is 83.6 Å². The fourth-order valence-electron chi connectivity index (χ4n) is 8.07. The molecule has 0 radical (unpaired) electrons. The van der Waals surface area contributed by atoms with Crippen molar-refractivity contribution in [2.75, 3.05) is 50.8 Å². The Morgan fingerprint density at radius 1 is 1.07 bits per heavy atom. The zero-order valence-electron chi connectivity index (χ0n) is 25.9. The van der Waals surface area contributed by atoms with Crippen molar-refractivity contribution in [1.29, 1.82) is 0 Å². The lowest BCUT2D eigenvalue weighted by atomic mass is 9.93. The van der Waals surface area contributed by atoms with E-state index in [-0.39, 0.29) is 28.3 Å². The first kappa shape index (κ1) is 28.3. The molecule has 9 heteroatoms. The van der Waals surface area contributed by atoms with Gasteiger partial charge in [0.2, 0.25) is 0 Å². The van der Waals surface area contributed by atoms with E-state index in [0.29, 0.717) is 46.6 Å². The van der Waals surface area contributed by atoms with Crippen LogP contribution in [0.3, 0.4) is 0 Å². The number of piperazine rings is 1. The highest BCUT2D eigenvalue weighted by Gasteiger charge is 2.51. The number of hydrogen-bond acceptors (Lipinski definition) is 8. The van der Waals surface area contributed by atoms with Gasteiger partial charge in [0.1, 0.15) is 17.1 Å². The van der Waals surface area contributed by atoms with Gasteiger partial charge >= 0.3 is 6.01 Å². The number of morpholine rings is 1. The number of halogens is 1. The van der Waals surface area contributed by atoms with Crippen molar-refractivity contribution < 1.29 is 19.0 Å². The highest BCUT2D eigenvalue weighted by Crippen LogP contribution is 2.49. The number of phenols is 1. The van der Waals surface area contributed by atoms with Crippen molar-refractivity contribution in [2.45, 2.75) is 56.2 Å². The first-order chi connectivity index (χ1) is 22.4. The number of ether oxygens (including phenoxy) is 2. The molecule has 2 N–H and O–H groups in total. The van der Waals surface area contributed by atoms with Crippen molar-refractivity contribution >= 4 is 27.5 Å². The molecule has 2 aliphatic carbocycles. The Hall–Kier alpha value is -3.97. The Balaban J connectivity index is 1.10. The number of fused-ring (bicyclic) bond motifs is 4. The molecule has 3 aliphatic heterocycles. The second kappa shape index (κ2) is 10.5. The summed E-state index contributed by atoms with van der Waals surface area (Å²) in [4.78, 5) is 14.5. The number of phenolic OH excluding ortho intramolecular Hbond substituents is 1. The maximum absolute atomic E-state index is 16.9. The Labute approximate surface area is 267 Å². The summed E-state index contributed by atoms with van der Waals surface area (Å²) >= 11 is 0. The van der Waals surface area contributed by atoms with Gasteiger partial charge in [-0.25, -0.2) is 4.39 Å². The molecule has 2 bridgehead atoms. The third kappa shape index (κ3) is 4.95. The lowest BCUT2D eigenvalue weighted by Gasteiger charge is -2.35. The van der Waals surface area contributed by atoms with Crippen LogP contribution in [0, 0.1) is 23.6 Å². The summed E-state index contributed by atoms with van der Waals surface area (Å²) in [5.74, 6) is 3.01. The molecule has 2 unspecified atom stereocenters. The molecule has 236 valence electrons. The number of anilines is 1. The van der Waals surface area contributed by atoms with Crippen LogP contribution in [0.4, 0.5) is 10.2 Å². The third-order valence-corrected chi connectivity index (χ3v) is 10.8. The predicted molar refractivity (Wildman–Crippen MR) is 176 cm³/mol. The summed E-state index contributed by atoms with van der Waals surface area (Å²) in [5, 5.41) is 16.4. The molecule has 5 fully saturated rings. The van der Waals surface area contributed by atoms with E-state index in [1.807, 2.05) is 24.3 Å². The zero-order valence-corrected chi connectivity index (χ0v) is 25.9. The van der Waals surface area contributed by atoms with Gasteiger partial charge in [-0.2, -0.15) is 9.97 Å². The van der Waals surface area contributed by atoms with Crippen LogP contribution in [0.5, 0.6) is 11.8 Å². The van der Waals surface area contributed by atoms with Gasteiger partial charge in [0, 0.05) is 72.1 Å². The molecule has 4 heterocycles. The molecule has 3 saturated heterocycles. The van der Waals surface area contributed by atoms with Gasteiger partial charge in [-0.15, -0.1) is 6.42 Å². The highest BCUT2D eigenvalue weighted by atomic mass is 19.1. The minimum Gasteiger partial charge on any atom is -0.508 e. The molecule has 9 rings (SSSR count). The summed E-state index contributed by atoms with van der Waals surface area (Å²) in [6.45, 7) is 5.81. The van der Waals surface area contributed by atoms with E-state index in [2.05, 4.69) is 21.0 Å². The second-order valence-corrected chi connectivity index (χ2v) is 14.3. The minimum atomic E-state index is -0.480. The SMILES string of the molecule is C#Cc1cccc2cc(O)cc(-c3ccc4c(N5CC6CCC(C5)N6)nc(OCC5(CN6CCOC7(CC7)C6)CC5)nc4c3F)c12. The van der Waals surface area contributed by atoms with Gasteiger partial charge in [0.25, 0.3) is 0 Å². The van der Waals surface area contributed by atoms with E-state index >= 15 is 4.39 Å². The van der Waals surface area contributed by atoms with E-state index in [1.165, 1.54) is 0 Å². The van der Waals surface area contributed by atoms with E-state index in [0.717, 1.165) is 88.6 Å². The van der Waals surface area contributed by atoms with Crippen LogP contribution in [0.1, 0.15) is 44.1 Å². The lowest BCUT2D eigenvalue weighted by molar-refractivity contribution is -0.0532. The molecule has 3 aromatic carbocycles. The van der Waals surface area contributed by atoms with E-state index in [9.17, 15) is 5.11 Å². The predicted octanol–water partition coefficient (Wildman–Crippen LogP) is 5.24. The first-order valence-electron chi connectivity index (χ1n) is 16.6. The molecule has 8 nitrogen and oxygen atoms in total. The number of terminal acetylenes is 1. The van der Waals surface area contributed by atoms with Gasteiger partial charge in [0.05, 0.1) is 18.8 Å². The smallest absolute Gasteiger partial charge is 0.319 e. The maximum atomic E-state index is 16.9. The van der Waals surface area contributed by atoms with Crippen molar-refractivity contribution in [3.05, 3.63) is 53.8 Å². The molecule has 1 aromatic heterocycles. The molecule has 0 amide bonds. The number of nitrogens with zero attached hydrogens (tertiary/aromatic N) is 4. The number of aromatic hydroxyl groups is 1. The van der Waals surface area contributed by atoms with Gasteiger partial charge < -0.3 is 24.8 Å². The highest BCUT2D eigenvalue weighted by molar-refractivity contribution is 6.04. The maximum Gasteiger partial charge on any atom is 0.319 e. The minimum absolute atomic E-state index is 0.0439. The molecule has 5 aliphatic rings. The molecule has 4 aromatic rings. The average molecular weight is 620 g/mol. The standard InChI is InChI=1S/C37H38FN5O3/c1-2-23-4-3-5-24-16-27(44)17-30(31(23)24)28-8-9-29-33(32(28)38)40-35(41-34(29)43-18-25-6-7-26(19-43)39-25)45-22-36(10-11-36)20-42-14-15-46-37(21-42)12-13-37/h1,3-5,8-9,16-17,25-26,39,44H,6-7,10-15,18-22H2. The molecule has 2 atom stereocenters. The van der Waals surface area contributed by atoms with Gasteiger partial charge in [-0.1, -0.05) is 24.1 Å². The quantitative estimate of drug-likeness (QED) is 0.272. The van der Waals surface area contributed by atoms with Crippen LogP contribution in [-0.2, 0) is 4.74 Å². The molecule has 46 heavy (non-hydrogen) atoms. The van der Waals surface area contributed by atoms with E-state index in [4.69, 9.17) is 25.9 Å². The van der Waals surface area contributed by atoms with Crippen LogP contribution >= 0.6 is 0 Å². The average Bonchev–Trinajstić information content (AvgIpc) is 3.98. The lowest BCUT2D eigenvalue weighted by Crippen LogP contribution is -2.51. The Bertz CT molecular complexity index is 1900. The summed E-state index contributed by atoms with van der Waals surface area (Å²) < 4.78 is 29.3. The van der Waals surface area contributed by atoms with Gasteiger partial charge in [0.15, 0.2) is 5.82 Å². The van der Waals surface area contributed by atoms with E-state index in [1.54, 1.807) is 18.2 Å². The fourth-order valence-corrected chi connectivity index (χ4v) is 8.07. The summed E-state index contributed by atoms with van der Waals surface area (Å²) in [7, 11) is 0. The number of hydrogen-bond donors (Lipinski definition) is 2. The third-order valence-electron chi connectivity index (χ3n) is 10.8. The van der Waals surface area contributed by atoms with Crippen LogP contribution in [0.2, 0.25) is 0 Å². The number of aromatic nitrogens is 2. The zero-order chi connectivity index (χ0) is 31.0. The Morgan fingerprint density at radius 2 is 1.89 bits per heavy atom. The van der Waals surface area contributed by atoms with Crippen molar-refractivity contribution in [2.24, 2.45) is 5.41 Å².